The Morgan fingerprint density at radius 3 is 1.23 bits per heavy atom. The van der Waals surface area contributed by atoms with Crippen molar-refractivity contribution in [2.45, 2.75) is 110 Å². The maximum atomic E-state index is 10.2. The third-order valence-corrected chi connectivity index (χ3v) is 3.98. The first-order chi connectivity index (χ1) is 9.77. The van der Waals surface area contributed by atoms with Crippen LogP contribution >= 0.6 is 0 Å². The van der Waals surface area contributed by atoms with Crippen LogP contribution in [0.15, 0.2) is 0 Å². The second-order valence-electron chi connectivity index (χ2n) is 6.07. The standard InChI is InChI=1S/C18H36O2.K.Na.H/c1-2-3-4-5-6-7-8-9-10-11-12-13-14-15-16-17-18(19)20;;;/h2-17H2,1H3,(H,19,20);;;/q;2*+1;-1/p-1. The van der Waals surface area contributed by atoms with Crippen LogP contribution in [0.25, 0.3) is 0 Å². The van der Waals surface area contributed by atoms with Crippen molar-refractivity contribution in [1.29, 1.82) is 0 Å². The summed E-state index contributed by atoms with van der Waals surface area (Å²) in [6.07, 6.45) is 19.9. The van der Waals surface area contributed by atoms with Crippen molar-refractivity contribution in [2.75, 3.05) is 0 Å². The first-order valence-corrected chi connectivity index (χ1v) is 8.97. The van der Waals surface area contributed by atoms with E-state index in [4.69, 9.17) is 0 Å². The molecule has 0 unspecified atom stereocenters. The van der Waals surface area contributed by atoms with Crippen molar-refractivity contribution in [3.63, 3.8) is 0 Å². The van der Waals surface area contributed by atoms with Gasteiger partial charge in [0, 0.05) is 5.97 Å². The van der Waals surface area contributed by atoms with Crippen LogP contribution in [0.3, 0.4) is 0 Å². The molecule has 0 amide bonds. The average molecular weight is 347 g/mol. The zero-order valence-corrected chi connectivity index (χ0v) is 20.8. The van der Waals surface area contributed by atoms with Gasteiger partial charge < -0.3 is 11.3 Å². The van der Waals surface area contributed by atoms with Gasteiger partial charge in [-0.3, -0.25) is 0 Å². The first-order valence-electron chi connectivity index (χ1n) is 8.97. The van der Waals surface area contributed by atoms with E-state index in [9.17, 15) is 9.90 Å². The van der Waals surface area contributed by atoms with Gasteiger partial charge in [0.15, 0.2) is 0 Å². The molecule has 0 radical (unpaired) electrons. The van der Waals surface area contributed by atoms with Crippen molar-refractivity contribution in [2.24, 2.45) is 0 Å². The first kappa shape index (κ1) is 28.9. The van der Waals surface area contributed by atoms with Gasteiger partial charge in [0.25, 0.3) is 0 Å². The summed E-state index contributed by atoms with van der Waals surface area (Å²) in [6.45, 7) is 2.27. The number of aliphatic carboxylic acids is 1. The van der Waals surface area contributed by atoms with E-state index in [-0.39, 0.29) is 88.8 Å². The summed E-state index contributed by atoms with van der Waals surface area (Å²) in [5, 5.41) is 10.2. The van der Waals surface area contributed by atoms with Gasteiger partial charge >= 0.3 is 80.9 Å². The Labute approximate surface area is 205 Å². The van der Waals surface area contributed by atoms with E-state index >= 15 is 0 Å². The number of carboxylic acids is 1. The maximum absolute atomic E-state index is 10.2. The molecule has 0 N–H and O–H groups in total. The Bertz CT molecular complexity index is 219. The molecule has 2 nitrogen and oxygen atoms in total. The van der Waals surface area contributed by atoms with Crippen LogP contribution < -0.4 is 86.0 Å². The SMILES string of the molecule is CCCCCCCCCCCCCCCCCC(=O)[O-].[H-].[K+].[Na+]. The minimum Gasteiger partial charge on any atom is -1.00 e. The molecule has 0 aliphatic heterocycles. The molecule has 0 saturated heterocycles. The number of carbonyl (C=O) groups is 1. The molecule has 0 fully saturated rings. The van der Waals surface area contributed by atoms with E-state index in [0.29, 0.717) is 0 Å². The summed E-state index contributed by atoms with van der Waals surface area (Å²) in [6, 6.07) is 0. The van der Waals surface area contributed by atoms with E-state index in [1.54, 1.807) is 0 Å². The monoisotopic (exact) mass is 346 g/mol. The van der Waals surface area contributed by atoms with Gasteiger partial charge in [-0.25, -0.2) is 0 Å². The smallest absolute Gasteiger partial charge is 1.00 e. The summed E-state index contributed by atoms with van der Waals surface area (Å²) in [5.74, 6) is -0.903. The average Bonchev–Trinajstić information content (AvgIpc) is 2.43. The largest absolute Gasteiger partial charge is 1.00 e. The Morgan fingerprint density at radius 2 is 0.955 bits per heavy atom. The molecule has 0 aliphatic carbocycles. The van der Waals surface area contributed by atoms with Gasteiger partial charge in [0.2, 0.25) is 0 Å². The van der Waals surface area contributed by atoms with Crippen molar-refractivity contribution < 1.29 is 92.3 Å². The third kappa shape index (κ3) is 27.0. The van der Waals surface area contributed by atoms with Gasteiger partial charge in [0.05, 0.1) is 0 Å². The topological polar surface area (TPSA) is 40.1 Å². The van der Waals surface area contributed by atoms with Crippen LogP contribution in [0.4, 0.5) is 0 Å². The molecule has 22 heavy (non-hydrogen) atoms. The van der Waals surface area contributed by atoms with Gasteiger partial charge in [-0.05, 0) is 12.8 Å². The zero-order chi connectivity index (χ0) is 14.9. The summed E-state index contributed by atoms with van der Waals surface area (Å²) >= 11 is 0. The molecule has 0 aliphatic rings. The third-order valence-electron chi connectivity index (χ3n) is 3.98. The number of rotatable bonds is 16. The zero-order valence-electron chi connectivity index (χ0n) is 16.6. The molecule has 0 saturated carbocycles. The summed E-state index contributed by atoms with van der Waals surface area (Å²) in [5.41, 5.74) is 0. The maximum Gasteiger partial charge on any atom is 1.00 e. The van der Waals surface area contributed by atoms with Crippen molar-refractivity contribution in [3.8, 4) is 0 Å². The van der Waals surface area contributed by atoms with Crippen molar-refractivity contribution in [3.05, 3.63) is 0 Å². The number of unbranched alkanes of at least 4 members (excludes halogenated alkanes) is 14. The van der Waals surface area contributed by atoms with Crippen molar-refractivity contribution >= 4 is 5.97 Å². The molecule has 0 aromatic rings. The normalized spacial score (nSPS) is 9.86. The Morgan fingerprint density at radius 1 is 0.682 bits per heavy atom. The van der Waals surface area contributed by atoms with Gasteiger partial charge in [0.1, 0.15) is 0 Å². The number of hydrogen-bond donors (Lipinski definition) is 0. The molecule has 122 valence electrons. The quantitative estimate of drug-likeness (QED) is 0.269. The molecular weight excluding hydrogens is 310 g/mol. The molecular formula is C18H36KNaO2. The summed E-state index contributed by atoms with van der Waals surface area (Å²) in [7, 11) is 0. The number of carboxylic acid groups (broad SMARTS) is 1. The molecule has 0 rings (SSSR count). The summed E-state index contributed by atoms with van der Waals surface area (Å²) in [4.78, 5) is 10.2. The van der Waals surface area contributed by atoms with Crippen LogP contribution in [0.5, 0.6) is 0 Å². The van der Waals surface area contributed by atoms with Crippen molar-refractivity contribution in [1.82, 2.24) is 0 Å². The summed E-state index contributed by atoms with van der Waals surface area (Å²) < 4.78 is 0. The van der Waals surface area contributed by atoms with Crippen LogP contribution in [-0.4, -0.2) is 5.97 Å². The molecule has 0 spiro atoms. The minimum absolute atomic E-state index is 0. The fourth-order valence-electron chi connectivity index (χ4n) is 2.64. The Kier molecular flexibility index (Phi) is 33.3. The fourth-order valence-corrected chi connectivity index (χ4v) is 2.64. The number of hydrogen-bond acceptors (Lipinski definition) is 2. The van der Waals surface area contributed by atoms with E-state index in [1.165, 1.54) is 83.5 Å². The van der Waals surface area contributed by atoms with Gasteiger partial charge in [-0.15, -0.1) is 0 Å². The molecule has 0 heterocycles. The Balaban J connectivity index is -0.000000602. The predicted octanol–water partition coefficient (Wildman–Crippen LogP) is -0.882. The van der Waals surface area contributed by atoms with Crippen LogP contribution in [-0.2, 0) is 4.79 Å². The van der Waals surface area contributed by atoms with E-state index in [2.05, 4.69) is 6.92 Å². The van der Waals surface area contributed by atoms with Crippen LogP contribution in [0, 0.1) is 0 Å². The number of carbonyl (C=O) groups excluding carboxylic acids is 1. The molecule has 0 aromatic heterocycles. The molecule has 0 aromatic carbocycles. The van der Waals surface area contributed by atoms with E-state index < -0.39 is 5.97 Å². The van der Waals surface area contributed by atoms with Gasteiger partial charge in [-0.2, -0.15) is 0 Å². The Hall–Kier alpha value is 2.11. The second kappa shape index (κ2) is 25.3. The van der Waals surface area contributed by atoms with E-state index in [0.717, 1.165) is 12.8 Å². The minimum atomic E-state index is -0.903. The van der Waals surface area contributed by atoms with Crippen LogP contribution in [0.1, 0.15) is 111 Å². The molecule has 0 atom stereocenters. The molecule has 4 heteroatoms. The van der Waals surface area contributed by atoms with Crippen LogP contribution in [0.2, 0.25) is 0 Å². The van der Waals surface area contributed by atoms with Gasteiger partial charge in [-0.1, -0.05) is 96.8 Å². The molecule has 0 bridgehead atoms. The fraction of sp³-hybridized carbons (Fsp3) is 0.944. The second-order valence-corrected chi connectivity index (χ2v) is 6.07. The van der Waals surface area contributed by atoms with E-state index in [1.807, 2.05) is 0 Å². The predicted molar refractivity (Wildman–Crippen MR) is 85.7 cm³/mol.